The van der Waals surface area contributed by atoms with Crippen LogP contribution in [0.4, 0.5) is 4.79 Å². The molecule has 1 fully saturated rings. The van der Waals surface area contributed by atoms with Gasteiger partial charge in [-0.2, -0.15) is 9.69 Å². The van der Waals surface area contributed by atoms with Crippen molar-refractivity contribution < 1.29 is 28.5 Å². The van der Waals surface area contributed by atoms with Crippen LogP contribution < -0.4 is 0 Å². The highest BCUT2D eigenvalue weighted by Crippen LogP contribution is 2.37. The Kier molecular flexibility index (Phi) is 2.15. The fraction of sp³-hybridized carbons (Fsp3) is 0.667. The summed E-state index contributed by atoms with van der Waals surface area (Å²) in [5.74, 6) is 0. The van der Waals surface area contributed by atoms with Gasteiger partial charge < -0.3 is 14.5 Å². The fourth-order valence-electron chi connectivity index (χ4n) is 0.582. The van der Waals surface area contributed by atoms with Crippen molar-refractivity contribution in [2.24, 2.45) is 0 Å². The van der Waals surface area contributed by atoms with Crippen LogP contribution in [0.3, 0.4) is 0 Å². The highest BCUT2D eigenvalue weighted by atomic mass is 31.2. The summed E-state index contributed by atoms with van der Waals surface area (Å²) < 4.78 is 18.4. The van der Waals surface area contributed by atoms with E-state index in [1.165, 1.54) is 0 Å². The predicted octanol–water partition coefficient (Wildman–Crippen LogP) is -0.537. The maximum atomic E-state index is 10.5. The smallest absolute Gasteiger partial charge is 0.446 e. The summed E-state index contributed by atoms with van der Waals surface area (Å²) in [4.78, 5) is 27.0. The van der Waals surface area contributed by atoms with E-state index in [1.807, 2.05) is 0 Å². The summed E-state index contributed by atoms with van der Waals surface area (Å²) >= 11 is 0. The lowest BCUT2D eigenvalue weighted by Crippen LogP contribution is -2.22. The van der Waals surface area contributed by atoms with Gasteiger partial charge in [0, 0.05) is 0 Å². The van der Waals surface area contributed by atoms with Crippen LogP contribution in [0.2, 0.25) is 0 Å². The van der Waals surface area contributed by atoms with Crippen molar-refractivity contribution in [3.8, 4) is 0 Å². The summed E-state index contributed by atoms with van der Waals surface area (Å²) in [5, 5.41) is 0.487. The molecule has 0 radical (unpaired) electrons. The van der Waals surface area contributed by atoms with E-state index in [0.717, 1.165) is 0 Å². The third-order valence-corrected chi connectivity index (χ3v) is 1.34. The summed E-state index contributed by atoms with van der Waals surface area (Å²) in [7, 11) is -4.63. The Balaban J connectivity index is 2.50. The minimum Gasteiger partial charge on any atom is -0.446 e. The first kappa shape index (κ1) is 8.48. The Bertz CT molecular complexity index is 210. The number of amides is 1. The van der Waals surface area contributed by atoms with Crippen LogP contribution in [-0.4, -0.2) is 34.1 Å². The zero-order valence-corrected chi connectivity index (χ0v) is 6.23. The van der Waals surface area contributed by atoms with Crippen LogP contribution in [0.25, 0.3) is 0 Å². The van der Waals surface area contributed by atoms with Crippen LogP contribution in [0.15, 0.2) is 0 Å². The number of hydrogen-bond acceptors (Lipinski definition) is 4. The summed E-state index contributed by atoms with van der Waals surface area (Å²) in [6, 6.07) is 0. The number of nitrogens with zero attached hydrogens (tertiary/aromatic N) is 1. The predicted molar refractivity (Wildman–Crippen MR) is 31.2 cm³/mol. The Labute approximate surface area is 61.7 Å². The van der Waals surface area contributed by atoms with Crippen molar-refractivity contribution in [3.05, 3.63) is 0 Å². The third kappa shape index (κ3) is 2.47. The quantitative estimate of drug-likeness (QED) is 0.558. The second-order valence-corrected chi connectivity index (χ2v) is 2.93. The van der Waals surface area contributed by atoms with Crippen molar-refractivity contribution in [2.45, 2.75) is 0 Å². The van der Waals surface area contributed by atoms with Gasteiger partial charge in [0.2, 0.25) is 0 Å². The van der Waals surface area contributed by atoms with Crippen LogP contribution in [0.1, 0.15) is 0 Å². The van der Waals surface area contributed by atoms with Crippen LogP contribution in [-0.2, 0) is 13.9 Å². The van der Waals surface area contributed by atoms with Crippen molar-refractivity contribution >= 4 is 13.9 Å². The molecule has 0 bridgehead atoms. The van der Waals surface area contributed by atoms with E-state index >= 15 is 0 Å². The molecule has 1 saturated heterocycles. The van der Waals surface area contributed by atoms with Crippen molar-refractivity contribution in [1.29, 1.82) is 0 Å². The van der Waals surface area contributed by atoms with E-state index in [2.05, 4.69) is 9.36 Å². The third-order valence-electron chi connectivity index (χ3n) is 0.928. The van der Waals surface area contributed by atoms with Gasteiger partial charge in [0.15, 0.2) is 0 Å². The summed E-state index contributed by atoms with van der Waals surface area (Å²) in [5.41, 5.74) is 0. The lowest BCUT2D eigenvalue weighted by atomic mass is 10.7. The van der Waals surface area contributed by atoms with Crippen LogP contribution in [0, 0.1) is 0 Å². The lowest BCUT2D eigenvalue weighted by Gasteiger charge is -2.11. The van der Waals surface area contributed by atoms with E-state index in [1.54, 1.807) is 0 Å². The molecule has 1 rings (SSSR count). The van der Waals surface area contributed by atoms with E-state index in [4.69, 9.17) is 9.79 Å². The highest BCUT2D eigenvalue weighted by molar-refractivity contribution is 7.46. The standard InChI is InChI=1S/C3H6NO6P/c5-3-4(1-2-9-3)10-11(6,7)8/h1-2H2,(H2,6,7,8). The number of rotatable bonds is 2. The number of cyclic esters (lactones) is 1. The molecule has 1 heterocycles. The molecule has 11 heavy (non-hydrogen) atoms. The Morgan fingerprint density at radius 2 is 2.27 bits per heavy atom. The monoisotopic (exact) mass is 183 g/mol. The van der Waals surface area contributed by atoms with Gasteiger partial charge in [-0.1, -0.05) is 0 Å². The second kappa shape index (κ2) is 2.78. The fourth-order valence-corrected chi connectivity index (χ4v) is 0.987. The molecule has 0 spiro atoms. The normalized spacial score (nSPS) is 18.7. The maximum absolute atomic E-state index is 10.5. The minimum absolute atomic E-state index is 0.0317. The molecule has 0 aromatic heterocycles. The zero-order valence-electron chi connectivity index (χ0n) is 5.34. The second-order valence-electron chi connectivity index (χ2n) is 1.79. The number of phosphoric acid groups is 1. The van der Waals surface area contributed by atoms with E-state index < -0.39 is 13.9 Å². The summed E-state index contributed by atoms with van der Waals surface area (Å²) in [6.45, 7) is 0.114. The van der Waals surface area contributed by atoms with E-state index in [-0.39, 0.29) is 13.2 Å². The van der Waals surface area contributed by atoms with Gasteiger partial charge >= 0.3 is 13.9 Å². The topological polar surface area (TPSA) is 96.3 Å². The first-order valence-electron chi connectivity index (χ1n) is 2.68. The first-order chi connectivity index (χ1) is 4.99. The molecule has 1 aliphatic heterocycles. The van der Waals surface area contributed by atoms with E-state index in [9.17, 15) is 9.36 Å². The molecular weight excluding hydrogens is 177 g/mol. The van der Waals surface area contributed by atoms with Crippen molar-refractivity contribution in [3.63, 3.8) is 0 Å². The van der Waals surface area contributed by atoms with Crippen LogP contribution >= 0.6 is 7.82 Å². The molecule has 64 valence electrons. The molecule has 0 aliphatic carbocycles. The molecule has 0 unspecified atom stereocenters. The van der Waals surface area contributed by atoms with Gasteiger partial charge in [-0.15, -0.1) is 0 Å². The Morgan fingerprint density at radius 3 is 2.64 bits per heavy atom. The van der Waals surface area contributed by atoms with Gasteiger partial charge in [-0.3, -0.25) is 0 Å². The zero-order chi connectivity index (χ0) is 8.48. The van der Waals surface area contributed by atoms with Gasteiger partial charge in [0.05, 0.1) is 6.54 Å². The molecule has 0 saturated carbocycles. The number of hydrogen-bond donors (Lipinski definition) is 2. The largest absolute Gasteiger partial charge is 0.491 e. The summed E-state index contributed by atoms with van der Waals surface area (Å²) in [6.07, 6.45) is -0.881. The molecular formula is C3H6NO6P. The van der Waals surface area contributed by atoms with Crippen molar-refractivity contribution in [1.82, 2.24) is 5.06 Å². The van der Waals surface area contributed by atoms with E-state index in [0.29, 0.717) is 5.06 Å². The number of ether oxygens (including phenoxy) is 1. The average molecular weight is 183 g/mol. The Morgan fingerprint density at radius 1 is 1.64 bits per heavy atom. The molecule has 0 aromatic carbocycles. The molecule has 0 aromatic rings. The van der Waals surface area contributed by atoms with Gasteiger partial charge in [-0.25, -0.2) is 9.36 Å². The van der Waals surface area contributed by atoms with Gasteiger partial charge in [0.25, 0.3) is 0 Å². The number of hydroxylamine groups is 2. The number of carbonyl (C=O) groups is 1. The highest BCUT2D eigenvalue weighted by Gasteiger charge is 2.30. The molecule has 8 heteroatoms. The molecule has 1 amide bonds. The molecule has 1 aliphatic rings. The Hall–Kier alpha value is -0.620. The molecule has 2 N–H and O–H groups in total. The average Bonchev–Trinajstić information content (AvgIpc) is 2.12. The van der Waals surface area contributed by atoms with Crippen LogP contribution in [0.5, 0.6) is 0 Å². The van der Waals surface area contributed by atoms with Crippen molar-refractivity contribution in [2.75, 3.05) is 13.2 Å². The van der Waals surface area contributed by atoms with Gasteiger partial charge in [0.1, 0.15) is 6.61 Å². The SMILES string of the molecule is O=C1OCCN1OP(=O)(O)O. The first-order valence-corrected chi connectivity index (χ1v) is 4.21. The maximum Gasteiger partial charge on any atom is 0.491 e. The minimum atomic E-state index is -4.63. The molecule has 0 atom stereocenters. The lowest BCUT2D eigenvalue weighted by molar-refractivity contribution is -0.0280. The number of carbonyl (C=O) groups excluding carboxylic acids is 1. The molecule has 7 nitrogen and oxygen atoms in total. The van der Waals surface area contributed by atoms with Gasteiger partial charge in [-0.05, 0) is 0 Å².